The molecule has 11 heteroatoms. The molecule has 1 unspecified atom stereocenters. The van der Waals surface area contributed by atoms with Crippen LogP contribution in [0.2, 0.25) is 0 Å². The zero-order valence-electron chi connectivity index (χ0n) is 19.0. The number of urea groups is 1. The molecule has 0 spiro atoms. The number of aliphatic imine (C=N–C) groups is 2. The van der Waals surface area contributed by atoms with E-state index in [-0.39, 0.29) is 23.5 Å². The van der Waals surface area contributed by atoms with Gasteiger partial charge in [0.1, 0.15) is 5.04 Å². The molecule has 1 aliphatic carbocycles. The smallest absolute Gasteiger partial charge is 0.301 e. The van der Waals surface area contributed by atoms with Gasteiger partial charge in [-0.2, -0.15) is 9.48 Å². The molecule has 4 amide bonds. The van der Waals surface area contributed by atoms with Crippen LogP contribution in [0.5, 0.6) is 0 Å². The Balaban J connectivity index is 1.38. The van der Waals surface area contributed by atoms with E-state index in [1.54, 1.807) is 7.05 Å². The number of hydrogen-bond donors (Lipinski definition) is 1. The summed E-state index contributed by atoms with van der Waals surface area (Å²) in [6, 6.07) is 7.29. The number of para-hydroxylation sites is 1. The van der Waals surface area contributed by atoms with Crippen molar-refractivity contribution in [3.05, 3.63) is 24.3 Å². The Morgan fingerprint density at radius 1 is 1.21 bits per heavy atom. The number of aromatic nitrogens is 1. The first-order valence-electron chi connectivity index (χ1n) is 11.3. The fourth-order valence-electron chi connectivity index (χ4n) is 4.47. The Hall–Kier alpha value is -2.92. The minimum Gasteiger partial charge on any atom is -0.301 e. The first-order chi connectivity index (χ1) is 16.4. The van der Waals surface area contributed by atoms with Gasteiger partial charge < -0.3 is 5.32 Å². The molecule has 1 fully saturated rings. The van der Waals surface area contributed by atoms with E-state index in [0.29, 0.717) is 21.8 Å². The van der Waals surface area contributed by atoms with E-state index < -0.39 is 11.9 Å². The fourth-order valence-corrected chi connectivity index (χ4v) is 6.23. The molecule has 5 rings (SSSR count). The number of carbonyl (C=O) groups is 3. The number of fused-ring (bicyclic) bond motifs is 2. The third-order valence-corrected chi connectivity index (χ3v) is 8.30. The molecule has 1 aromatic heterocycles. The Kier molecular flexibility index (Phi) is 6.30. The highest BCUT2D eigenvalue weighted by atomic mass is 32.2. The van der Waals surface area contributed by atoms with Crippen LogP contribution in [0.1, 0.15) is 32.1 Å². The molecule has 34 heavy (non-hydrogen) atoms. The Bertz CT molecular complexity index is 1240. The summed E-state index contributed by atoms with van der Waals surface area (Å²) < 4.78 is 2.42. The van der Waals surface area contributed by atoms with Crippen molar-refractivity contribution in [1.29, 1.82) is 0 Å². The van der Waals surface area contributed by atoms with Crippen LogP contribution in [0.3, 0.4) is 0 Å². The predicted octanol–water partition coefficient (Wildman–Crippen LogP) is 3.61. The van der Waals surface area contributed by atoms with Gasteiger partial charge in [0.2, 0.25) is 11.7 Å². The summed E-state index contributed by atoms with van der Waals surface area (Å²) >= 11 is 2.64. The van der Waals surface area contributed by atoms with E-state index in [0.717, 1.165) is 40.8 Å². The van der Waals surface area contributed by atoms with Crippen LogP contribution in [0.15, 0.2) is 34.3 Å². The number of benzene rings is 1. The van der Waals surface area contributed by atoms with E-state index in [1.807, 2.05) is 24.3 Å². The first kappa shape index (κ1) is 22.9. The number of thioether (sulfide) groups is 1. The van der Waals surface area contributed by atoms with Crippen molar-refractivity contribution in [2.45, 2.75) is 32.1 Å². The van der Waals surface area contributed by atoms with Crippen LogP contribution in [0, 0.1) is 11.8 Å². The second kappa shape index (κ2) is 9.38. The van der Waals surface area contributed by atoms with Gasteiger partial charge in [-0.25, -0.2) is 14.8 Å². The molecule has 2 aliphatic heterocycles. The molecule has 176 valence electrons. The number of amides is 4. The van der Waals surface area contributed by atoms with Gasteiger partial charge in [0, 0.05) is 5.92 Å². The van der Waals surface area contributed by atoms with Crippen molar-refractivity contribution in [3.8, 4) is 0 Å². The van der Waals surface area contributed by atoms with Crippen molar-refractivity contribution in [1.82, 2.24) is 9.88 Å². The summed E-state index contributed by atoms with van der Waals surface area (Å²) in [5.41, 5.74) is 0.836. The van der Waals surface area contributed by atoms with E-state index in [4.69, 9.17) is 9.98 Å². The number of imide groups is 1. The molecule has 1 atom stereocenters. The lowest BCUT2D eigenvalue weighted by Gasteiger charge is -2.28. The summed E-state index contributed by atoms with van der Waals surface area (Å²) in [6.07, 6.45) is 5.40. The van der Waals surface area contributed by atoms with Gasteiger partial charge in [0.25, 0.3) is 5.84 Å². The maximum atomic E-state index is 13.0. The van der Waals surface area contributed by atoms with E-state index >= 15 is 0 Å². The average Bonchev–Trinajstić information content (AvgIpc) is 3.27. The van der Waals surface area contributed by atoms with E-state index in [1.165, 1.54) is 41.1 Å². The van der Waals surface area contributed by atoms with Gasteiger partial charge in [-0.3, -0.25) is 9.59 Å². The summed E-state index contributed by atoms with van der Waals surface area (Å²) in [6.45, 7) is 0. The van der Waals surface area contributed by atoms with Crippen LogP contribution in [-0.4, -0.2) is 68.9 Å². The van der Waals surface area contributed by atoms with Crippen LogP contribution < -0.4 is 5.32 Å². The van der Waals surface area contributed by atoms with Crippen molar-refractivity contribution in [3.63, 3.8) is 0 Å². The number of rotatable bonds is 4. The quantitative estimate of drug-likeness (QED) is 0.650. The zero-order valence-corrected chi connectivity index (χ0v) is 20.6. The number of nitrogens with zero attached hydrogens (tertiary/aromatic N) is 5. The summed E-state index contributed by atoms with van der Waals surface area (Å²) in [7, 11) is 3.09. The molecule has 3 heterocycles. The highest BCUT2D eigenvalue weighted by Gasteiger charge is 2.49. The average molecular weight is 498 g/mol. The number of carbonyl (C=O) groups excluding carboxylic acids is 3. The van der Waals surface area contributed by atoms with Crippen LogP contribution in [0.4, 0.5) is 9.93 Å². The van der Waals surface area contributed by atoms with Crippen molar-refractivity contribution in [2.75, 3.05) is 25.2 Å². The molecule has 1 aromatic carbocycles. The monoisotopic (exact) mass is 497 g/mol. The van der Waals surface area contributed by atoms with Crippen LogP contribution in [-0.2, 0) is 9.59 Å². The Morgan fingerprint density at radius 3 is 2.74 bits per heavy atom. The number of thiazole rings is 1. The number of anilines is 1. The number of nitrogens with one attached hydrogen (secondary N) is 1. The van der Waals surface area contributed by atoms with Gasteiger partial charge in [0.05, 0.1) is 30.1 Å². The Morgan fingerprint density at radius 2 is 1.97 bits per heavy atom. The maximum absolute atomic E-state index is 13.0. The molecular weight excluding hydrogens is 472 g/mol. The molecule has 1 saturated carbocycles. The molecule has 0 saturated heterocycles. The molecular formula is C23H25N6O3S2+. The minimum atomic E-state index is -0.778. The number of amidine groups is 2. The van der Waals surface area contributed by atoms with Crippen molar-refractivity contribution >= 4 is 73.0 Å². The highest BCUT2D eigenvalue weighted by Crippen LogP contribution is 2.31. The topological polar surface area (TPSA) is 107 Å². The van der Waals surface area contributed by atoms with Crippen molar-refractivity contribution in [2.24, 2.45) is 21.8 Å². The lowest BCUT2D eigenvalue weighted by atomic mass is 9.88. The zero-order chi connectivity index (χ0) is 23.8. The summed E-state index contributed by atoms with van der Waals surface area (Å²) in [5, 5.41) is 3.90. The molecule has 0 radical (unpaired) electrons. The second-order valence-electron chi connectivity index (χ2n) is 8.61. The lowest BCUT2D eigenvalue weighted by Crippen LogP contribution is -2.55. The van der Waals surface area contributed by atoms with Crippen LogP contribution >= 0.6 is 23.1 Å². The van der Waals surface area contributed by atoms with E-state index in [9.17, 15) is 14.4 Å². The molecule has 3 aliphatic rings. The predicted molar refractivity (Wildman–Crippen MR) is 135 cm³/mol. The normalized spacial score (nSPS) is 21.5. The van der Waals surface area contributed by atoms with Crippen LogP contribution in [0.25, 0.3) is 10.2 Å². The second-order valence-corrected chi connectivity index (χ2v) is 10.6. The van der Waals surface area contributed by atoms with Gasteiger partial charge >= 0.3 is 11.9 Å². The molecule has 2 aromatic rings. The first-order valence-corrected chi connectivity index (χ1v) is 13.1. The number of hydrogen-bond acceptors (Lipinski definition) is 8. The van der Waals surface area contributed by atoms with Gasteiger partial charge in [-0.1, -0.05) is 59.5 Å². The van der Waals surface area contributed by atoms with Gasteiger partial charge in [0.15, 0.2) is 11.0 Å². The fraction of sp³-hybridized carbons (Fsp3) is 0.435. The highest BCUT2D eigenvalue weighted by molar-refractivity contribution is 8.14. The summed E-state index contributed by atoms with van der Waals surface area (Å²) in [4.78, 5) is 53.3. The largest absolute Gasteiger partial charge is 0.445 e. The summed E-state index contributed by atoms with van der Waals surface area (Å²) in [5.74, 6) is -0.0355. The van der Waals surface area contributed by atoms with E-state index in [2.05, 4.69) is 10.3 Å². The third-order valence-electron chi connectivity index (χ3n) is 6.32. The molecule has 9 nitrogen and oxygen atoms in total. The third kappa shape index (κ3) is 4.29. The van der Waals surface area contributed by atoms with Gasteiger partial charge in [-0.05, 0) is 25.0 Å². The maximum Gasteiger partial charge on any atom is 0.445 e. The molecule has 1 N–H and O–H groups in total. The lowest BCUT2D eigenvalue weighted by molar-refractivity contribution is -0.407. The minimum absolute atomic E-state index is 0.0745. The SMILES string of the molecule is CN1C(=O)C2C(SCC(=O)Nc3nc4ccccc4s3)=NC(C3CCCCC3)=NC2=[N+](C)C1=O. The molecule has 0 bridgehead atoms. The Labute approximate surface area is 205 Å². The standard InChI is InChI=1S/C23H24N6O3S2/c1-28-19-17(21(31)29(2)23(28)32)20(27-18(26-19)13-8-4-3-5-9-13)33-12-16(30)25-22-24-14-10-6-7-11-15(14)34-22/h6-7,10-11,13,17H,3-5,8-9,12H2,1-2H3/p+1. The van der Waals surface area contributed by atoms with Crippen molar-refractivity contribution < 1.29 is 19.0 Å². The van der Waals surface area contributed by atoms with Gasteiger partial charge in [-0.15, -0.1) is 0 Å².